The molecule has 0 radical (unpaired) electrons. The third-order valence-corrected chi connectivity index (χ3v) is 7.18. The van der Waals surface area contributed by atoms with Gasteiger partial charge >= 0.3 is 0 Å². The molecule has 1 amide bonds. The van der Waals surface area contributed by atoms with Crippen LogP contribution in [-0.2, 0) is 17.8 Å². The first-order chi connectivity index (χ1) is 19.4. The summed E-state index contributed by atoms with van der Waals surface area (Å²) in [5.41, 5.74) is 1.79. The van der Waals surface area contributed by atoms with E-state index >= 15 is 0 Å². The highest BCUT2D eigenvalue weighted by Crippen LogP contribution is 2.32. The summed E-state index contributed by atoms with van der Waals surface area (Å²) in [7, 11) is 7.77. The number of benzene rings is 3. The molecule has 0 fully saturated rings. The van der Waals surface area contributed by atoms with Crippen molar-refractivity contribution in [1.29, 1.82) is 0 Å². The maximum Gasteiger partial charge on any atom is 0.262 e. The van der Waals surface area contributed by atoms with Crippen LogP contribution in [0, 0.1) is 0 Å². The Bertz CT molecular complexity index is 1550. The van der Waals surface area contributed by atoms with E-state index in [2.05, 4.69) is 5.32 Å². The minimum Gasteiger partial charge on any atom is -0.497 e. The van der Waals surface area contributed by atoms with Gasteiger partial charge in [0, 0.05) is 18.3 Å². The molecule has 1 aromatic heterocycles. The Kier molecular flexibility index (Phi) is 9.39. The molecule has 0 atom stereocenters. The molecule has 1 heterocycles. The van der Waals surface area contributed by atoms with Gasteiger partial charge in [-0.05, 0) is 54.4 Å². The highest BCUT2D eigenvalue weighted by atomic mass is 32.2. The number of hydrogen-bond acceptors (Lipinski definition) is 9. The van der Waals surface area contributed by atoms with E-state index in [0.29, 0.717) is 63.5 Å². The summed E-state index contributed by atoms with van der Waals surface area (Å²) >= 11 is 1.18. The summed E-state index contributed by atoms with van der Waals surface area (Å²) in [6, 6.07) is 16.0. The Balaban J connectivity index is 1.64. The van der Waals surface area contributed by atoms with Crippen molar-refractivity contribution in [3.05, 3.63) is 70.5 Å². The van der Waals surface area contributed by atoms with Gasteiger partial charge in [-0.2, -0.15) is 0 Å². The molecular weight excluding hydrogens is 534 g/mol. The highest BCUT2D eigenvalue weighted by Gasteiger charge is 2.17. The SMILES string of the molecule is COc1ccc(NC(=O)CSc2nc3cc(OC)c(OC)cc3c(=O)n2CCc2ccc(OC)c(OC)c2)cc1. The smallest absolute Gasteiger partial charge is 0.262 e. The van der Waals surface area contributed by atoms with Crippen LogP contribution in [0.25, 0.3) is 10.9 Å². The van der Waals surface area contributed by atoms with Crippen molar-refractivity contribution in [2.75, 3.05) is 46.6 Å². The Hall–Kier alpha value is -4.38. The molecule has 0 aliphatic heterocycles. The lowest BCUT2D eigenvalue weighted by molar-refractivity contribution is -0.113. The lowest BCUT2D eigenvalue weighted by Gasteiger charge is -2.15. The molecule has 0 bridgehead atoms. The van der Waals surface area contributed by atoms with Crippen molar-refractivity contribution < 1.29 is 28.5 Å². The van der Waals surface area contributed by atoms with Crippen molar-refractivity contribution >= 4 is 34.3 Å². The third kappa shape index (κ3) is 6.42. The molecule has 0 aliphatic carbocycles. The first kappa shape index (κ1) is 28.6. The van der Waals surface area contributed by atoms with E-state index in [4.69, 9.17) is 28.7 Å². The van der Waals surface area contributed by atoms with Gasteiger partial charge in [-0.25, -0.2) is 4.98 Å². The fourth-order valence-electron chi connectivity index (χ4n) is 4.11. The number of fused-ring (bicyclic) bond motifs is 1. The van der Waals surface area contributed by atoms with Crippen molar-refractivity contribution in [3.8, 4) is 28.7 Å². The first-order valence-electron chi connectivity index (χ1n) is 12.3. The molecule has 11 heteroatoms. The molecule has 0 spiro atoms. The topological polar surface area (TPSA) is 110 Å². The van der Waals surface area contributed by atoms with Crippen LogP contribution < -0.4 is 34.6 Å². The first-order valence-corrected chi connectivity index (χ1v) is 13.3. The summed E-state index contributed by atoms with van der Waals surface area (Å²) in [5.74, 6) is 2.62. The van der Waals surface area contributed by atoms with Crippen LogP contribution >= 0.6 is 11.8 Å². The predicted octanol–water partition coefficient (Wildman–Crippen LogP) is 4.41. The highest BCUT2D eigenvalue weighted by molar-refractivity contribution is 7.99. The maximum absolute atomic E-state index is 13.7. The molecule has 210 valence electrons. The summed E-state index contributed by atoms with van der Waals surface area (Å²) in [5, 5.41) is 3.65. The Morgan fingerprint density at radius 3 is 2.12 bits per heavy atom. The summed E-state index contributed by atoms with van der Waals surface area (Å²) in [6.07, 6.45) is 0.520. The van der Waals surface area contributed by atoms with E-state index < -0.39 is 0 Å². The van der Waals surface area contributed by atoms with Crippen LogP contribution in [0.15, 0.2) is 64.5 Å². The largest absolute Gasteiger partial charge is 0.497 e. The van der Waals surface area contributed by atoms with Gasteiger partial charge in [-0.1, -0.05) is 17.8 Å². The van der Waals surface area contributed by atoms with Crippen LogP contribution in [0.1, 0.15) is 5.56 Å². The average Bonchev–Trinajstić information content (AvgIpc) is 2.99. The molecule has 10 nitrogen and oxygen atoms in total. The third-order valence-electron chi connectivity index (χ3n) is 6.20. The molecule has 0 saturated heterocycles. The predicted molar refractivity (Wildman–Crippen MR) is 155 cm³/mol. The lowest BCUT2D eigenvalue weighted by Crippen LogP contribution is -2.25. The second kappa shape index (κ2) is 13.1. The molecule has 4 aromatic rings. The number of nitrogens with zero attached hydrogens (tertiary/aromatic N) is 2. The minimum absolute atomic E-state index is 0.0492. The zero-order chi connectivity index (χ0) is 28.6. The second-order valence-electron chi connectivity index (χ2n) is 8.58. The maximum atomic E-state index is 13.7. The Labute approximate surface area is 236 Å². The summed E-state index contributed by atoms with van der Waals surface area (Å²) in [6.45, 7) is 0.327. The number of carbonyl (C=O) groups excluding carboxylic acids is 1. The summed E-state index contributed by atoms with van der Waals surface area (Å²) in [4.78, 5) is 31.2. The molecule has 4 rings (SSSR count). The fraction of sp³-hybridized carbons (Fsp3) is 0.276. The molecular formula is C29H31N3O7S. The van der Waals surface area contributed by atoms with Crippen molar-refractivity contribution in [2.45, 2.75) is 18.1 Å². The van der Waals surface area contributed by atoms with Gasteiger partial charge in [0.25, 0.3) is 5.56 Å². The van der Waals surface area contributed by atoms with Gasteiger partial charge in [-0.15, -0.1) is 0 Å². The van der Waals surface area contributed by atoms with Crippen LogP contribution in [0.3, 0.4) is 0 Å². The van der Waals surface area contributed by atoms with Crippen LogP contribution in [0.5, 0.6) is 28.7 Å². The van der Waals surface area contributed by atoms with E-state index in [1.807, 2.05) is 18.2 Å². The van der Waals surface area contributed by atoms with Crippen LogP contribution in [0.2, 0.25) is 0 Å². The van der Waals surface area contributed by atoms with Gasteiger partial charge in [0.2, 0.25) is 5.91 Å². The zero-order valence-electron chi connectivity index (χ0n) is 23.0. The number of anilines is 1. The number of methoxy groups -OCH3 is 5. The minimum atomic E-state index is -0.246. The zero-order valence-corrected chi connectivity index (χ0v) is 23.8. The number of rotatable bonds is 12. The Morgan fingerprint density at radius 1 is 0.825 bits per heavy atom. The van der Waals surface area contributed by atoms with Gasteiger partial charge < -0.3 is 29.0 Å². The number of nitrogens with one attached hydrogen (secondary N) is 1. The molecule has 0 aliphatic rings. The molecule has 0 saturated carbocycles. The van der Waals surface area contributed by atoms with Gasteiger partial charge in [0.05, 0.1) is 52.2 Å². The van der Waals surface area contributed by atoms with Gasteiger partial charge in [0.1, 0.15) is 5.75 Å². The lowest BCUT2D eigenvalue weighted by atomic mass is 10.1. The second-order valence-corrected chi connectivity index (χ2v) is 9.52. The van der Waals surface area contributed by atoms with Crippen LogP contribution in [0.4, 0.5) is 5.69 Å². The number of carbonyl (C=O) groups is 1. The molecule has 0 unspecified atom stereocenters. The van der Waals surface area contributed by atoms with E-state index in [1.165, 1.54) is 26.0 Å². The number of ether oxygens (including phenoxy) is 5. The van der Waals surface area contributed by atoms with Crippen molar-refractivity contribution in [3.63, 3.8) is 0 Å². The van der Waals surface area contributed by atoms with Gasteiger partial charge in [-0.3, -0.25) is 14.2 Å². The van der Waals surface area contributed by atoms with E-state index in [0.717, 1.165) is 5.56 Å². The summed E-state index contributed by atoms with van der Waals surface area (Å²) < 4.78 is 28.3. The molecule has 40 heavy (non-hydrogen) atoms. The quantitative estimate of drug-likeness (QED) is 0.197. The van der Waals surface area contributed by atoms with Gasteiger partial charge in [0.15, 0.2) is 28.2 Å². The normalized spacial score (nSPS) is 10.7. The Morgan fingerprint density at radius 2 is 1.48 bits per heavy atom. The number of amides is 1. The fourth-order valence-corrected chi connectivity index (χ4v) is 4.94. The van der Waals surface area contributed by atoms with E-state index in [1.54, 1.807) is 62.3 Å². The monoisotopic (exact) mass is 565 g/mol. The number of aromatic nitrogens is 2. The van der Waals surface area contributed by atoms with E-state index in [9.17, 15) is 9.59 Å². The number of thioether (sulfide) groups is 1. The average molecular weight is 566 g/mol. The number of aryl methyl sites for hydroxylation is 1. The molecule has 3 aromatic carbocycles. The standard InChI is InChI=1S/C29H31N3O7S/c1-35-20-9-7-19(8-10-20)30-27(33)17-40-29-31-22-16-26(39-5)25(38-4)15-21(22)28(34)32(29)13-12-18-6-11-23(36-2)24(14-18)37-3/h6-11,14-16H,12-13,17H2,1-5H3,(H,30,33). The van der Waals surface area contributed by atoms with Crippen molar-refractivity contribution in [1.82, 2.24) is 9.55 Å². The molecule has 1 N–H and O–H groups in total. The van der Waals surface area contributed by atoms with Crippen molar-refractivity contribution in [2.24, 2.45) is 0 Å². The number of hydrogen-bond donors (Lipinski definition) is 1. The van der Waals surface area contributed by atoms with E-state index in [-0.39, 0.29) is 17.2 Å². The van der Waals surface area contributed by atoms with Crippen LogP contribution in [-0.4, -0.2) is 56.8 Å².